The third-order valence-electron chi connectivity index (χ3n) is 5.63. The van der Waals surface area contributed by atoms with Gasteiger partial charge in [0.2, 0.25) is 15.6 Å². The van der Waals surface area contributed by atoms with E-state index >= 15 is 0 Å². The van der Waals surface area contributed by atoms with Gasteiger partial charge in [-0.1, -0.05) is 42.5 Å². The van der Waals surface area contributed by atoms with E-state index in [9.17, 15) is 28.2 Å². The van der Waals surface area contributed by atoms with E-state index in [-0.39, 0.29) is 11.3 Å². The summed E-state index contributed by atoms with van der Waals surface area (Å²) in [6, 6.07) is 13.4. The molecule has 32 heavy (non-hydrogen) atoms. The first-order valence-electron chi connectivity index (χ1n) is 9.75. The van der Waals surface area contributed by atoms with Gasteiger partial charge in [-0.25, -0.2) is 13.2 Å². The summed E-state index contributed by atoms with van der Waals surface area (Å²) < 4.78 is 32.7. The average molecular weight is 461 g/mol. The van der Waals surface area contributed by atoms with Crippen molar-refractivity contribution in [3.8, 4) is 5.75 Å². The summed E-state index contributed by atoms with van der Waals surface area (Å²) in [6.45, 7) is -0.415. The predicted octanol–water partition coefficient (Wildman–Crippen LogP) is 1.30. The minimum Gasteiger partial charge on any atom is -0.497 e. The quantitative estimate of drug-likeness (QED) is 0.417. The van der Waals surface area contributed by atoms with Gasteiger partial charge in [-0.15, -0.1) is 0 Å². The van der Waals surface area contributed by atoms with Gasteiger partial charge in [0.15, 0.2) is 0 Å². The number of allylic oxidation sites excluding steroid dienone is 1. The molecule has 1 aliphatic rings. The van der Waals surface area contributed by atoms with Gasteiger partial charge in [-0.3, -0.25) is 4.79 Å². The van der Waals surface area contributed by atoms with Crippen molar-refractivity contribution in [2.75, 3.05) is 13.7 Å². The molecule has 1 amide bonds. The second-order valence-corrected chi connectivity index (χ2v) is 9.18. The molecule has 0 aliphatic carbocycles. The van der Waals surface area contributed by atoms with E-state index in [1.165, 1.54) is 37.5 Å². The first kappa shape index (κ1) is 23.5. The number of amides is 1. The zero-order chi connectivity index (χ0) is 23.5. The monoisotopic (exact) mass is 460 g/mol. The standard InChI is InChI=1S/C22H24N2O7S/c1-31-16-10-12-17(13-11-16)32(29,30)24-14-6-5-9-18(22(24,20(23)26)21(27)28)19(25)15-7-3-2-4-8-15/h2-8,10-13,18-19,25H,9,14H2,1H3,(H2,23,26)(H,27,28). The number of aliphatic carboxylic acids is 1. The smallest absolute Gasteiger partial charge is 0.335 e. The van der Waals surface area contributed by atoms with Crippen molar-refractivity contribution < 1.29 is 33.0 Å². The summed E-state index contributed by atoms with van der Waals surface area (Å²) in [5.74, 6) is -4.13. The largest absolute Gasteiger partial charge is 0.497 e. The molecule has 1 heterocycles. The molecule has 0 spiro atoms. The van der Waals surface area contributed by atoms with Crippen molar-refractivity contribution in [1.82, 2.24) is 4.31 Å². The molecule has 3 rings (SSSR count). The molecular formula is C22H24N2O7S. The Balaban J connectivity index is 2.22. The highest BCUT2D eigenvalue weighted by Gasteiger charge is 2.62. The zero-order valence-electron chi connectivity index (χ0n) is 17.3. The fraction of sp³-hybridized carbons (Fsp3) is 0.273. The van der Waals surface area contributed by atoms with E-state index in [4.69, 9.17) is 10.5 Å². The van der Waals surface area contributed by atoms with Crippen molar-refractivity contribution in [3.63, 3.8) is 0 Å². The molecule has 0 bridgehead atoms. The molecule has 9 nitrogen and oxygen atoms in total. The number of carbonyl (C=O) groups is 2. The fourth-order valence-corrected chi connectivity index (χ4v) is 5.69. The second kappa shape index (κ2) is 9.11. The van der Waals surface area contributed by atoms with Crippen LogP contribution in [-0.4, -0.2) is 54.0 Å². The number of carboxylic acid groups (broad SMARTS) is 1. The van der Waals surface area contributed by atoms with Crippen molar-refractivity contribution in [2.45, 2.75) is 23.0 Å². The van der Waals surface area contributed by atoms with Gasteiger partial charge in [-0.05, 0) is 36.2 Å². The molecule has 0 aromatic heterocycles. The Labute approximate surface area is 185 Å². The van der Waals surface area contributed by atoms with Crippen LogP contribution in [0.25, 0.3) is 0 Å². The van der Waals surface area contributed by atoms with Gasteiger partial charge in [0.25, 0.3) is 5.91 Å². The number of aliphatic hydroxyl groups is 1. The van der Waals surface area contributed by atoms with Crippen LogP contribution < -0.4 is 10.5 Å². The lowest BCUT2D eigenvalue weighted by Gasteiger charge is -2.42. The van der Waals surface area contributed by atoms with Gasteiger partial charge in [-0.2, -0.15) is 4.31 Å². The first-order valence-corrected chi connectivity index (χ1v) is 11.2. The maximum absolute atomic E-state index is 13.6. The van der Waals surface area contributed by atoms with Crippen LogP contribution in [0.3, 0.4) is 0 Å². The zero-order valence-corrected chi connectivity index (χ0v) is 18.1. The molecule has 3 atom stereocenters. The number of nitrogens with two attached hydrogens (primary N) is 1. The summed E-state index contributed by atoms with van der Waals surface area (Å²) >= 11 is 0. The van der Waals surface area contributed by atoms with Crippen LogP contribution in [0.2, 0.25) is 0 Å². The van der Waals surface area contributed by atoms with Gasteiger partial charge in [0, 0.05) is 12.5 Å². The fourth-order valence-electron chi connectivity index (χ4n) is 3.99. The molecule has 2 aromatic carbocycles. The molecule has 170 valence electrons. The number of rotatable bonds is 7. The van der Waals surface area contributed by atoms with Gasteiger partial charge in [0.05, 0.1) is 18.1 Å². The molecule has 3 unspecified atom stereocenters. The Bertz CT molecular complexity index is 1100. The van der Waals surface area contributed by atoms with Crippen LogP contribution >= 0.6 is 0 Å². The van der Waals surface area contributed by atoms with E-state index in [0.717, 1.165) is 0 Å². The maximum atomic E-state index is 13.6. The van der Waals surface area contributed by atoms with Gasteiger partial charge >= 0.3 is 5.97 Å². The van der Waals surface area contributed by atoms with Crippen LogP contribution in [0, 0.1) is 5.92 Å². The highest BCUT2D eigenvalue weighted by Crippen LogP contribution is 2.42. The Morgan fingerprint density at radius 2 is 1.75 bits per heavy atom. The van der Waals surface area contributed by atoms with Crippen molar-refractivity contribution in [3.05, 3.63) is 72.3 Å². The molecule has 0 radical (unpaired) electrons. The third-order valence-corrected chi connectivity index (χ3v) is 7.51. The van der Waals surface area contributed by atoms with Gasteiger partial charge < -0.3 is 20.7 Å². The van der Waals surface area contributed by atoms with Crippen LogP contribution in [0.1, 0.15) is 18.1 Å². The number of primary amides is 1. The van der Waals surface area contributed by atoms with Crippen molar-refractivity contribution in [1.29, 1.82) is 0 Å². The van der Waals surface area contributed by atoms with Crippen LogP contribution in [0.5, 0.6) is 5.75 Å². The molecule has 2 aromatic rings. The number of carboxylic acids is 1. The molecule has 0 saturated carbocycles. The number of carbonyl (C=O) groups excluding carboxylic acids is 1. The number of hydrogen-bond donors (Lipinski definition) is 3. The number of ether oxygens (including phenoxy) is 1. The Morgan fingerprint density at radius 1 is 1.12 bits per heavy atom. The number of sulfonamides is 1. The van der Waals surface area contributed by atoms with Gasteiger partial charge in [0.1, 0.15) is 5.75 Å². The lowest BCUT2D eigenvalue weighted by molar-refractivity contribution is -0.161. The Kier molecular flexibility index (Phi) is 6.68. The summed E-state index contributed by atoms with van der Waals surface area (Å²) in [5, 5.41) is 21.3. The number of methoxy groups -OCH3 is 1. The summed E-state index contributed by atoms with van der Waals surface area (Å²) in [5.41, 5.74) is 3.20. The summed E-state index contributed by atoms with van der Waals surface area (Å²) in [7, 11) is -3.10. The van der Waals surface area contributed by atoms with E-state index in [2.05, 4.69) is 0 Å². The minimum absolute atomic E-state index is 0.0834. The first-order chi connectivity index (χ1) is 15.2. The molecule has 10 heteroatoms. The van der Waals surface area contributed by atoms with E-state index in [1.54, 1.807) is 36.4 Å². The highest BCUT2D eigenvalue weighted by atomic mass is 32.2. The molecule has 0 saturated heterocycles. The molecule has 4 N–H and O–H groups in total. The molecule has 1 aliphatic heterocycles. The highest BCUT2D eigenvalue weighted by molar-refractivity contribution is 7.89. The number of hydrogen-bond acceptors (Lipinski definition) is 6. The van der Waals surface area contributed by atoms with E-state index < -0.39 is 46.0 Å². The van der Waals surface area contributed by atoms with Crippen LogP contribution in [-0.2, 0) is 19.6 Å². The Morgan fingerprint density at radius 3 is 2.28 bits per heavy atom. The SMILES string of the molecule is COc1ccc(S(=O)(=O)N2CC=CCC(C(O)c3ccccc3)C2(C(N)=O)C(=O)O)cc1. The number of benzene rings is 2. The molecule has 0 fully saturated rings. The maximum Gasteiger partial charge on any atom is 0.335 e. The average Bonchev–Trinajstić information content (AvgIpc) is 3.00. The van der Waals surface area contributed by atoms with Crippen molar-refractivity contribution in [2.24, 2.45) is 11.7 Å². The van der Waals surface area contributed by atoms with Crippen LogP contribution in [0.15, 0.2) is 71.6 Å². The number of nitrogens with zero attached hydrogens (tertiary/aromatic N) is 1. The summed E-state index contributed by atoms with van der Waals surface area (Å²) in [6.07, 6.45) is 1.43. The second-order valence-electron chi connectivity index (χ2n) is 7.32. The van der Waals surface area contributed by atoms with Crippen molar-refractivity contribution >= 4 is 21.9 Å². The minimum atomic E-state index is -4.52. The predicted molar refractivity (Wildman–Crippen MR) is 115 cm³/mol. The Hall–Kier alpha value is -3.21. The normalized spacial score (nSPS) is 22.6. The number of aliphatic hydroxyl groups excluding tert-OH is 1. The molecular weight excluding hydrogens is 436 g/mol. The lowest BCUT2D eigenvalue weighted by atomic mass is 9.75. The lowest BCUT2D eigenvalue weighted by Crippen LogP contribution is -2.68. The topological polar surface area (TPSA) is 147 Å². The third kappa shape index (κ3) is 3.88. The van der Waals surface area contributed by atoms with E-state index in [0.29, 0.717) is 15.6 Å². The van der Waals surface area contributed by atoms with E-state index in [1.807, 2.05) is 0 Å². The van der Waals surface area contributed by atoms with Crippen LogP contribution in [0.4, 0.5) is 0 Å². The summed E-state index contributed by atoms with van der Waals surface area (Å²) in [4.78, 5) is 25.2.